The van der Waals surface area contributed by atoms with Crippen LogP contribution in [0, 0.1) is 11.6 Å². The van der Waals surface area contributed by atoms with E-state index in [-0.39, 0.29) is 31.1 Å². The number of hydrogen-bond acceptors (Lipinski definition) is 3. The Morgan fingerprint density at radius 3 is 2.39 bits per heavy atom. The molecule has 0 aliphatic heterocycles. The molecule has 1 aromatic rings. The lowest BCUT2D eigenvalue weighted by molar-refractivity contribution is -0.120. The number of halogens is 2. The Morgan fingerprint density at radius 2 is 1.94 bits per heavy atom. The van der Waals surface area contributed by atoms with Crippen LogP contribution in [-0.4, -0.2) is 26.5 Å². The summed E-state index contributed by atoms with van der Waals surface area (Å²) in [7, 11) is 3.05. The lowest BCUT2D eigenvalue weighted by Gasteiger charge is -2.20. The summed E-state index contributed by atoms with van der Waals surface area (Å²) in [5.74, 6) is -1.52. The van der Waals surface area contributed by atoms with Crippen molar-refractivity contribution >= 4 is 11.6 Å². The summed E-state index contributed by atoms with van der Waals surface area (Å²) in [4.78, 5) is 12.5. The molecule has 0 unspecified atom stereocenters. The summed E-state index contributed by atoms with van der Waals surface area (Å²) >= 11 is 0. The Kier molecular flexibility index (Phi) is 5.03. The zero-order valence-electron chi connectivity index (χ0n) is 10.5. The number of nitrogens with zero attached hydrogens (tertiary/aromatic N) is 1. The second-order valence-corrected chi connectivity index (χ2v) is 3.96. The minimum absolute atomic E-state index is 0.0794. The lowest BCUT2D eigenvalue weighted by Crippen LogP contribution is -2.27. The van der Waals surface area contributed by atoms with E-state index >= 15 is 0 Å². The maximum absolute atomic E-state index is 13.7. The predicted molar refractivity (Wildman–Crippen MR) is 66.2 cm³/mol. The second kappa shape index (κ2) is 6.30. The number of benzene rings is 1. The summed E-state index contributed by atoms with van der Waals surface area (Å²) in [6.07, 6.45) is 0.171. The van der Waals surface area contributed by atoms with Crippen molar-refractivity contribution in [3.8, 4) is 0 Å². The van der Waals surface area contributed by atoms with Gasteiger partial charge < -0.3 is 16.0 Å². The van der Waals surface area contributed by atoms with Gasteiger partial charge in [0.1, 0.15) is 17.3 Å². The van der Waals surface area contributed by atoms with Gasteiger partial charge in [-0.25, -0.2) is 8.78 Å². The summed E-state index contributed by atoms with van der Waals surface area (Å²) in [5, 5.41) is 2.45. The minimum atomic E-state index is -0.671. The topological polar surface area (TPSA) is 58.4 Å². The Morgan fingerprint density at radius 1 is 1.39 bits per heavy atom. The smallest absolute Gasteiger partial charge is 0.221 e. The zero-order valence-corrected chi connectivity index (χ0v) is 10.5. The molecule has 0 spiro atoms. The van der Waals surface area contributed by atoms with E-state index in [1.54, 1.807) is 0 Å². The molecule has 0 atom stereocenters. The van der Waals surface area contributed by atoms with Gasteiger partial charge in [0.2, 0.25) is 5.91 Å². The molecule has 1 aromatic carbocycles. The van der Waals surface area contributed by atoms with Crippen molar-refractivity contribution in [3.63, 3.8) is 0 Å². The molecule has 6 heteroatoms. The van der Waals surface area contributed by atoms with Crippen LogP contribution in [0.3, 0.4) is 0 Å². The Bertz CT molecular complexity index is 414. The van der Waals surface area contributed by atoms with Crippen LogP contribution in [0.5, 0.6) is 0 Å². The van der Waals surface area contributed by atoms with Gasteiger partial charge in [-0.3, -0.25) is 4.79 Å². The second-order valence-electron chi connectivity index (χ2n) is 3.96. The molecule has 0 saturated heterocycles. The van der Waals surface area contributed by atoms with Crippen molar-refractivity contribution in [2.24, 2.45) is 5.73 Å². The van der Waals surface area contributed by atoms with Gasteiger partial charge in [0.05, 0.1) is 0 Å². The number of carbonyl (C=O) groups excluding carboxylic acids is 1. The van der Waals surface area contributed by atoms with Crippen molar-refractivity contribution in [1.82, 2.24) is 5.32 Å². The van der Waals surface area contributed by atoms with Crippen molar-refractivity contribution in [1.29, 1.82) is 0 Å². The summed E-state index contributed by atoms with van der Waals surface area (Å²) in [6.45, 7) is 0.311. The highest BCUT2D eigenvalue weighted by Crippen LogP contribution is 2.24. The van der Waals surface area contributed by atoms with Gasteiger partial charge in [-0.1, -0.05) is 0 Å². The molecule has 0 bridgehead atoms. The number of nitrogens with one attached hydrogen (secondary N) is 1. The lowest BCUT2D eigenvalue weighted by atomic mass is 10.1. The molecule has 0 aliphatic carbocycles. The number of nitrogens with two attached hydrogens (primary N) is 1. The minimum Gasteiger partial charge on any atom is -0.369 e. The normalized spacial score (nSPS) is 10.3. The summed E-state index contributed by atoms with van der Waals surface area (Å²) in [6, 6.07) is 2.41. The molecule has 1 amide bonds. The molecule has 18 heavy (non-hydrogen) atoms. The molecule has 0 aliphatic rings. The van der Waals surface area contributed by atoms with Gasteiger partial charge in [-0.05, 0) is 17.7 Å². The quantitative estimate of drug-likeness (QED) is 0.827. The molecular weight excluding hydrogens is 240 g/mol. The Labute approximate surface area is 105 Å². The highest BCUT2D eigenvalue weighted by Gasteiger charge is 2.15. The first kappa shape index (κ1) is 14.4. The Hall–Kier alpha value is -1.69. The molecule has 0 saturated carbocycles. The van der Waals surface area contributed by atoms with Gasteiger partial charge in [0, 0.05) is 33.6 Å². The maximum Gasteiger partial charge on any atom is 0.221 e. The van der Waals surface area contributed by atoms with Crippen LogP contribution in [-0.2, 0) is 11.3 Å². The third-order valence-corrected chi connectivity index (χ3v) is 2.65. The molecule has 0 fully saturated rings. The first-order valence-electron chi connectivity index (χ1n) is 5.59. The van der Waals surface area contributed by atoms with Crippen LogP contribution < -0.4 is 16.0 Å². The fourth-order valence-electron chi connectivity index (χ4n) is 1.61. The van der Waals surface area contributed by atoms with E-state index < -0.39 is 11.6 Å². The van der Waals surface area contributed by atoms with Gasteiger partial charge in [-0.15, -0.1) is 0 Å². The van der Waals surface area contributed by atoms with Crippen LogP contribution in [0.25, 0.3) is 0 Å². The standard InChI is InChI=1S/C12H17F2N3O/c1-16-11(18)3-4-17(2)12-9(13)5-8(7-15)6-10(12)14/h5-6H,3-4,7,15H2,1-2H3,(H,16,18). The highest BCUT2D eigenvalue weighted by atomic mass is 19.1. The SMILES string of the molecule is CNC(=O)CCN(C)c1c(F)cc(CN)cc1F. The zero-order chi connectivity index (χ0) is 13.7. The molecule has 100 valence electrons. The van der Waals surface area contributed by atoms with Crippen LogP contribution in [0.2, 0.25) is 0 Å². The fraction of sp³-hybridized carbons (Fsp3) is 0.417. The van der Waals surface area contributed by atoms with E-state index in [4.69, 9.17) is 5.73 Å². The highest BCUT2D eigenvalue weighted by molar-refractivity contribution is 5.76. The average Bonchev–Trinajstić information content (AvgIpc) is 2.34. The van der Waals surface area contributed by atoms with E-state index in [0.29, 0.717) is 5.56 Å². The number of carbonyl (C=O) groups is 1. The third kappa shape index (κ3) is 3.40. The largest absolute Gasteiger partial charge is 0.369 e. The van der Waals surface area contributed by atoms with E-state index in [1.165, 1.54) is 31.1 Å². The van der Waals surface area contributed by atoms with Crippen LogP contribution >= 0.6 is 0 Å². The molecule has 3 N–H and O–H groups in total. The molecule has 4 nitrogen and oxygen atoms in total. The first-order chi connectivity index (χ1) is 8.49. The van der Waals surface area contributed by atoms with Gasteiger partial charge >= 0.3 is 0 Å². The fourth-order valence-corrected chi connectivity index (χ4v) is 1.61. The number of hydrogen-bond donors (Lipinski definition) is 2. The van der Waals surface area contributed by atoms with E-state index in [0.717, 1.165) is 0 Å². The third-order valence-electron chi connectivity index (χ3n) is 2.65. The molecular formula is C12H17F2N3O. The van der Waals surface area contributed by atoms with Gasteiger partial charge in [0.25, 0.3) is 0 Å². The van der Waals surface area contributed by atoms with E-state index in [1.807, 2.05) is 0 Å². The Balaban J connectivity index is 2.85. The van der Waals surface area contributed by atoms with Gasteiger partial charge in [0.15, 0.2) is 0 Å². The molecule has 0 heterocycles. The van der Waals surface area contributed by atoms with Crippen LogP contribution in [0.4, 0.5) is 14.5 Å². The van der Waals surface area contributed by atoms with Crippen molar-refractivity contribution in [3.05, 3.63) is 29.3 Å². The van der Waals surface area contributed by atoms with Crippen molar-refractivity contribution < 1.29 is 13.6 Å². The predicted octanol–water partition coefficient (Wildman–Crippen LogP) is 0.996. The van der Waals surface area contributed by atoms with Crippen molar-refractivity contribution in [2.45, 2.75) is 13.0 Å². The number of rotatable bonds is 5. The molecule has 0 radical (unpaired) electrons. The first-order valence-corrected chi connectivity index (χ1v) is 5.59. The average molecular weight is 257 g/mol. The summed E-state index contributed by atoms with van der Waals surface area (Å²) < 4.78 is 27.4. The van der Waals surface area contributed by atoms with Crippen LogP contribution in [0.15, 0.2) is 12.1 Å². The van der Waals surface area contributed by atoms with Crippen LogP contribution in [0.1, 0.15) is 12.0 Å². The molecule has 0 aromatic heterocycles. The van der Waals surface area contributed by atoms with E-state index in [9.17, 15) is 13.6 Å². The van der Waals surface area contributed by atoms with Crippen molar-refractivity contribution in [2.75, 3.05) is 25.5 Å². The molecule has 1 rings (SSSR count). The number of anilines is 1. The van der Waals surface area contributed by atoms with E-state index in [2.05, 4.69) is 5.32 Å². The monoisotopic (exact) mass is 257 g/mol. The number of amides is 1. The van der Waals surface area contributed by atoms with Gasteiger partial charge in [-0.2, -0.15) is 0 Å². The summed E-state index contributed by atoms with van der Waals surface area (Å²) in [5.41, 5.74) is 5.58. The maximum atomic E-state index is 13.7.